The van der Waals surface area contributed by atoms with E-state index in [0.29, 0.717) is 12.5 Å². The Morgan fingerprint density at radius 3 is 1.95 bits per heavy atom. The third-order valence-corrected chi connectivity index (χ3v) is 5.91. The Labute approximate surface area is 121 Å². The van der Waals surface area contributed by atoms with E-state index in [9.17, 15) is 15.3 Å². The summed E-state index contributed by atoms with van der Waals surface area (Å²) in [7, 11) is 0. The highest BCUT2D eigenvalue weighted by molar-refractivity contribution is 4.93. The van der Waals surface area contributed by atoms with Crippen LogP contribution < -0.4 is 0 Å². The molecule has 0 unspecified atom stereocenters. The zero-order chi connectivity index (χ0) is 14.3. The monoisotopic (exact) mass is 283 g/mol. The molecule has 3 N–H and O–H groups in total. The molecule has 0 radical (unpaired) electrons. The van der Waals surface area contributed by atoms with Crippen LogP contribution in [0.2, 0.25) is 0 Å². The van der Waals surface area contributed by atoms with Gasteiger partial charge < -0.3 is 15.3 Å². The number of hydrogen-bond donors (Lipinski definition) is 3. The second-order valence-corrected chi connectivity index (χ2v) is 7.36. The minimum absolute atomic E-state index is 0.0606. The fraction of sp³-hybridized carbons (Fsp3) is 1.00. The van der Waals surface area contributed by atoms with E-state index in [1.165, 1.54) is 38.5 Å². The molecule has 4 nitrogen and oxygen atoms in total. The third kappa shape index (κ3) is 3.03. The summed E-state index contributed by atoms with van der Waals surface area (Å²) < 4.78 is 0. The summed E-state index contributed by atoms with van der Waals surface area (Å²) in [6.07, 6.45) is 5.58. The lowest BCUT2D eigenvalue weighted by Gasteiger charge is -2.44. The smallest absolute Gasteiger partial charge is 0.108 e. The maximum Gasteiger partial charge on any atom is 0.108 e. The number of aliphatic hydroxyl groups is 3. The zero-order valence-corrected chi connectivity index (χ0v) is 12.5. The number of rotatable bonds is 3. The summed E-state index contributed by atoms with van der Waals surface area (Å²) in [4.78, 5) is 2.17. The van der Waals surface area contributed by atoms with Gasteiger partial charge in [0, 0.05) is 19.1 Å². The number of piperidine rings is 1. The van der Waals surface area contributed by atoms with E-state index in [-0.39, 0.29) is 6.04 Å². The molecule has 0 amide bonds. The molecular weight excluding hydrogens is 254 g/mol. The van der Waals surface area contributed by atoms with Crippen molar-refractivity contribution in [3.63, 3.8) is 0 Å². The number of nitrogens with zero attached hydrogens (tertiary/aromatic N) is 1. The number of aliphatic hydroxyl groups excluding tert-OH is 3. The lowest BCUT2D eigenvalue weighted by atomic mass is 9.79. The highest BCUT2D eigenvalue weighted by Crippen LogP contribution is 2.45. The summed E-state index contributed by atoms with van der Waals surface area (Å²) in [6.45, 7) is 3.40. The molecule has 3 rings (SSSR count). The van der Waals surface area contributed by atoms with Crippen LogP contribution in [0.15, 0.2) is 0 Å². The van der Waals surface area contributed by atoms with Crippen LogP contribution in [0.3, 0.4) is 0 Å². The summed E-state index contributed by atoms with van der Waals surface area (Å²) in [5.41, 5.74) is 0. The van der Waals surface area contributed by atoms with Crippen molar-refractivity contribution in [2.24, 2.45) is 17.8 Å². The van der Waals surface area contributed by atoms with Gasteiger partial charge in [-0.25, -0.2) is 0 Å². The summed E-state index contributed by atoms with van der Waals surface area (Å²) in [5, 5.41) is 29.5. The SMILES string of the molecule is C[C@@H]1[C@@H](O)[C@H](O)[C@@H](O)CN1C[C@H]1CC[C@@H](C2CC2)CC1. The lowest BCUT2D eigenvalue weighted by Crippen LogP contribution is -2.60. The van der Waals surface area contributed by atoms with E-state index in [0.717, 1.165) is 18.4 Å². The Bertz CT molecular complexity index is 326. The van der Waals surface area contributed by atoms with Crippen molar-refractivity contribution in [2.45, 2.75) is 69.8 Å². The molecule has 2 aliphatic carbocycles. The molecule has 2 saturated carbocycles. The maximum atomic E-state index is 9.99. The summed E-state index contributed by atoms with van der Waals surface area (Å²) in [5.74, 6) is 2.70. The van der Waals surface area contributed by atoms with Gasteiger partial charge in [0.15, 0.2) is 0 Å². The third-order valence-electron chi connectivity index (χ3n) is 5.91. The van der Waals surface area contributed by atoms with Crippen LogP contribution in [-0.2, 0) is 0 Å². The normalized spacial score (nSPS) is 47.4. The van der Waals surface area contributed by atoms with E-state index >= 15 is 0 Å². The predicted octanol–water partition coefficient (Wildman–Crippen LogP) is 0.990. The van der Waals surface area contributed by atoms with Crippen LogP contribution in [0.25, 0.3) is 0 Å². The standard InChI is InChI=1S/C16H29NO3/c1-10-15(19)16(20)14(18)9-17(10)8-11-2-4-12(5-3-11)13-6-7-13/h10-16,18-20H,2-9H2,1H3/t10-,11-,12+,14+,15-,16-/m1/s1. The molecule has 0 bridgehead atoms. The largest absolute Gasteiger partial charge is 0.389 e. The Balaban J connectivity index is 1.50. The van der Waals surface area contributed by atoms with E-state index in [1.54, 1.807) is 0 Å². The van der Waals surface area contributed by atoms with Gasteiger partial charge in [0.2, 0.25) is 0 Å². The number of likely N-dealkylation sites (tertiary alicyclic amines) is 1. The summed E-state index contributed by atoms with van der Waals surface area (Å²) in [6, 6.07) is -0.0606. The molecule has 116 valence electrons. The van der Waals surface area contributed by atoms with Crippen molar-refractivity contribution in [2.75, 3.05) is 13.1 Å². The quantitative estimate of drug-likeness (QED) is 0.723. The Morgan fingerprint density at radius 2 is 1.40 bits per heavy atom. The van der Waals surface area contributed by atoms with Crippen molar-refractivity contribution < 1.29 is 15.3 Å². The van der Waals surface area contributed by atoms with Gasteiger partial charge in [0.05, 0.1) is 12.2 Å². The first-order valence-corrected chi connectivity index (χ1v) is 8.34. The maximum absolute atomic E-state index is 9.99. The van der Waals surface area contributed by atoms with E-state index in [1.807, 2.05) is 6.92 Å². The Kier molecular flexibility index (Phi) is 4.37. The van der Waals surface area contributed by atoms with Crippen molar-refractivity contribution in [3.8, 4) is 0 Å². The highest BCUT2D eigenvalue weighted by Gasteiger charge is 2.40. The topological polar surface area (TPSA) is 63.9 Å². The molecule has 4 heteroatoms. The van der Waals surface area contributed by atoms with Crippen LogP contribution in [0.5, 0.6) is 0 Å². The minimum Gasteiger partial charge on any atom is -0.389 e. The molecule has 0 aromatic carbocycles. The second-order valence-electron chi connectivity index (χ2n) is 7.36. The van der Waals surface area contributed by atoms with Crippen LogP contribution in [0, 0.1) is 17.8 Å². The van der Waals surface area contributed by atoms with Crippen molar-refractivity contribution >= 4 is 0 Å². The predicted molar refractivity (Wildman–Crippen MR) is 77.2 cm³/mol. The average Bonchev–Trinajstić information content (AvgIpc) is 3.28. The molecule has 0 aromatic rings. The fourth-order valence-corrected chi connectivity index (χ4v) is 4.23. The molecule has 1 saturated heterocycles. The van der Waals surface area contributed by atoms with Crippen molar-refractivity contribution in [1.82, 2.24) is 4.90 Å². The van der Waals surface area contributed by atoms with Gasteiger partial charge in [0.1, 0.15) is 6.10 Å². The lowest BCUT2D eigenvalue weighted by molar-refractivity contribution is -0.136. The van der Waals surface area contributed by atoms with Crippen LogP contribution >= 0.6 is 0 Å². The van der Waals surface area contributed by atoms with Crippen LogP contribution in [-0.4, -0.2) is 57.7 Å². The fourth-order valence-electron chi connectivity index (χ4n) is 4.23. The zero-order valence-electron chi connectivity index (χ0n) is 12.5. The van der Waals surface area contributed by atoms with Gasteiger partial charge >= 0.3 is 0 Å². The molecule has 4 atom stereocenters. The van der Waals surface area contributed by atoms with Gasteiger partial charge in [-0.05, 0) is 63.2 Å². The van der Waals surface area contributed by atoms with Gasteiger partial charge in [-0.15, -0.1) is 0 Å². The molecule has 1 aliphatic heterocycles. The summed E-state index contributed by atoms with van der Waals surface area (Å²) >= 11 is 0. The highest BCUT2D eigenvalue weighted by atomic mass is 16.4. The van der Waals surface area contributed by atoms with Gasteiger partial charge in [-0.2, -0.15) is 0 Å². The van der Waals surface area contributed by atoms with Gasteiger partial charge in [0.25, 0.3) is 0 Å². The van der Waals surface area contributed by atoms with E-state index < -0.39 is 18.3 Å². The van der Waals surface area contributed by atoms with Gasteiger partial charge in [-0.1, -0.05) is 0 Å². The molecule has 3 fully saturated rings. The van der Waals surface area contributed by atoms with Gasteiger partial charge in [-0.3, -0.25) is 4.90 Å². The molecule has 1 heterocycles. The van der Waals surface area contributed by atoms with Crippen molar-refractivity contribution in [3.05, 3.63) is 0 Å². The minimum atomic E-state index is -0.994. The average molecular weight is 283 g/mol. The number of hydrogen-bond acceptors (Lipinski definition) is 4. The van der Waals surface area contributed by atoms with E-state index in [4.69, 9.17) is 0 Å². The Morgan fingerprint density at radius 1 is 0.850 bits per heavy atom. The Hall–Kier alpha value is -0.160. The first kappa shape index (κ1) is 14.8. The molecular formula is C16H29NO3. The molecule has 20 heavy (non-hydrogen) atoms. The van der Waals surface area contributed by atoms with Crippen LogP contribution in [0.1, 0.15) is 45.4 Å². The number of β-amino-alcohol motifs (C(OH)–C–C–N with tert-alkyl or cyclic N) is 1. The molecule has 0 aromatic heterocycles. The van der Waals surface area contributed by atoms with Crippen LogP contribution in [0.4, 0.5) is 0 Å². The molecule has 3 aliphatic rings. The molecule has 0 spiro atoms. The second kappa shape index (κ2) is 5.91. The van der Waals surface area contributed by atoms with Crippen molar-refractivity contribution in [1.29, 1.82) is 0 Å². The first-order valence-electron chi connectivity index (χ1n) is 8.34. The first-order chi connectivity index (χ1) is 9.56. The van der Waals surface area contributed by atoms with E-state index in [2.05, 4.69) is 4.90 Å².